The van der Waals surface area contributed by atoms with Crippen LogP contribution in [-0.2, 0) is 6.18 Å². The zero-order valence-electron chi connectivity index (χ0n) is 10.2. The number of halogens is 3. The zero-order chi connectivity index (χ0) is 14.7. The summed E-state index contributed by atoms with van der Waals surface area (Å²) in [6.07, 6.45) is -4.46. The molecule has 0 saturated heterocycles. The predicted molar refractivity (Wildman–Crippen MR) is 61.5 cm³/mol. The number of hydrogen-bond acceptors (Lipinski definition) is 3. The van der Waals surface area contributed by atoms with E-state index in [1.807, 2.05) is 0 Å². The third-order valence-corrected chi connectivity index (χ3v) is 2.59. The van der Waals surface area contributed by atoms with E-state index in [4.69, 9.17) is 10.2 Å². The van der Waals surface area contributed by atoms with Crippen molar-refractivity contribution in [2.75, 3.05) is 13.2 Å². The number of benzene rings is 1. The topological polar surface area (TPSA) is 69.6 Å². The van der Waals surface area contributed by atoms with E-state index in [9.17, 15) is 18.0 Å². The second-order valence-electron chi connectivity index (χ2n) is 4.41. The van der Waals surface area contributed by atoms with Crippen LogP contribution in [0.15, 0.2) is 24.3 Å². The van der Waals surface area contributed by atoms with Crippen molar-refractivity contribution in [3.8, 4) is 0 Å². The normalized spacial score (nSPS) is 12.3. The minimum Gasteiger partial charge on any atom is -0.394 e. The van der Waals surface area contributed by atoms with Gasteiger partial charge in [-0.05, 0) is 31.2 Å². The highest BCUT2D eigenvalue weighted by Gasteiger charge is 2.30. The molecule has 0 saturated carbocycles. The molecule has 1 amide bonds. The highest BCUT2D eigenvalue weighted by Crippen LogP contribution is 2.29. The molecule has 0 unspecified atom stereocenters. The summed E-state index contributed by atoms with van der Waals surface area (Å²) in [4.78, 5) is 11.7. The van der Waals surface area contributed by atoms with Gasteiger partial charge in [-0.2, -0.15) is 13.2 Å². The number of aliphatic hydroxyl groups excluding tert-OH is 2. The number of carbonyl (C=O) groups excluding carboxylic acids is 1. The number of carbonyl (C=O) groups is 1. The highest BCUT2D eigenvalue weighted by atomic mass is 19.4. The standard InChI is InChI=1S/C12H14F3NO3/c1-11(6-17,7-18)16-10(19)8-2-4-9(5-3-8)12(13,14)15/h2-5,17-18H,6-7H2,1H3,(H,16,19). The molecule has 1 rings (SSSR count). The Bertz CT molecular complexity index is 439. The molecule has 0 aliphatic heterocycles. The molecular weight excluding hydrogens is 263 g/mol. The minimum atomic E-state index is -4.46. The monoisotopic (exact) mass is 277 g/mol. The van der Waals surface area contributed by atoms with Crippen molar-refractivity contribution in [1.29, 1.82) is 0 Å². The van der Waals surface area contributed by atoms with Gasteiger partial charge < -0.3 is 15.5 Å². The van der Waals surface area contributed by atoms with E-state index in [2.05, 4.69) is 5.32 Å². The lowest BCUT2D eigenvalue weighted by Crippen LogP contribution is -2.51. The quantitative estimate of drug-likeness (QED) is 0.774. The molecular formula is C12H14F3NO3. The Kier molecular flexibility index (Phi) is 4.54. The summed E-state index contributed by atoms with van der Waals surface area (Å²) >= 11 is 0. The van der Waals surface area contributed by atoms with Gasteiger partial charge in [0.15, 0.2) is 0 Å². The Hall–Kier alpha value is -1.60. The van der Waals surface area contributed by atoms with Gasteiger partial charge in [0.25, 0.3) is 5.91 Å². The molecule has 0 heterocycles. The number of aliphatic hydroxyl groups is 2. The van der Waals surface area contributed by atoms with Crippen molar-refractivity contribution in [1.82, 2.24) is 5.32 Å². The van der Waals surface area contributed by atoms with Crippen molar-refractivity contribution in [2.24, 2.45) is 0 Å². The third kappa shape index (κ3) is 3.93. The first-order valence-corrected chi connectivity index (χ1v) is 5.43. The fraction of sp³-hybridized carbons (Fsp3) is 0.417. The molecule has 0 aliphatic rings. The summed E-state index contributed by atoms with van der Waals surface area (Å²) in [6.45, 7) is 0.431. The number of rotatable bonds is 4. The predicted octanol–water partition coefficient (Wildman–Crippen LogP) is 1.18. The second kappa shape index (κ2) is 5.58. The summed E-state index contributed by atoms with van der Waals surface area (Å²) in [6, 6.07) is 3.66. The molecule has 1 aromatic carbocycles. The lowest BCUT2D eigenvalue weighted by Gasteiger charge is -2.26. The lowest BCUT2D eigenvalue weighted by atomic mass is 10.0. The number of hydrogen-bond donors (Lipinski definition) is 3. The van der Waals surface area contributed by atoms with Crippen LogP contribution in [0.4, 0.5) is 13.2 Å². The van der Waals surface area contributed by atoms with E-state index in [0.29, 0.717) is 0 Å². The van der Waals surface area contributed by atoms with Gasteiger partial charge in [0.05, 0.1) is 24.3 Å². The highest BCUT2D eigenvalue weighted by molar-refractivity contribution is 5.94. The van der Waals surface area contributed by atoms with Crippen LogP contribution in [0.3, 0.4) is 0 Å². The molecule has 0 aliphatic carbocycles. The van der Waals surface area contributed by atoms with Gasteiger partial charge in [0.2, 0.25) is 0 Å². The first kappa shape index (κ1) is 15.5. The van der Waals surface area contributed by atoms with E-state index < -0.39 is 36.4 Å². The summed E-state index contributed by atoms with van der Waals surface area (Å²) < 4.78 is 37.0. The molecule has 0 fully saturated rings. The lowest BCUT2D eigenvalue weighted by molar-refractivity contribution is -0.137. The van der Waals surface area contributed by atoms with Gasteiger partial charge in [-0.1, -0.05) is 0 Å². The number of nitrogens with one attached hydrogen (secondary N) is 1. The Morgan fingerprint density at radius 3 is 2.00 bits per heavy atom. The Labute approximate surface area is 107 Å². The maximum Gasteiger partial charge on any atom is 0.416 e. The Balaban J connectivity index is 2.85. The Morgan fingerprint density at radius 1 is 1.16 bits per heavy atom. The number of alkyl halides is 3. The smallest absolute Gasteiger partial charge is 0.394 e. The van der Waals surface area contributed by atoms with Gasteiger partial charge in [0.1, 0.15) is 0 Å². The molecule has 106 valence electrons. The Morgan fingerprint density at radius 2 is 1.63 bits per heavy atom. The molecule has 0 bridgehead atoms. The first-order chi connectivity index (χ1) is 8.72. The summed E-state index contributed by atoms with van der Waals surface area (Å²) in [5.41, 5.74) is -2.06. The molecule has 1 aromatic rings. The van der Waals surface area contributed by atoms with Gasteiger partial charge in [0, 0.05) is 5.56 Å². The van der Waals surface area contributed by atoms with Crippen LogP contribution in [0.25, 0.3) is 0 Å². The fourth-order valence-corrected chi connectivity index (χ4v) is 1.29. The summed E-state index contributed by atoms with van der Waals surface area (Å²) in [7, 11) is 0. The second-order valence-corrected chi connectivity index (χ2v) is 4.41. The molecule has 7 heteroatoms. The SMILES string of the molecule is CC(CO)(CO)NC(=O)c1ccc(C(F)(F)F)cc1. The van der Waals surface area contributed by atoms with Crippen molar-refractivity contribution >= 4 is 5.91 Å². The van der Waals surface area contributed by atoms with E-state index in [0.717, 1.165) is 24.3 Å². The van der Waals surface area contributed by atoms with E-state index in [1.165, 1.54) is 6.92 Å². The van der Waals surface area contributed by atoms with E-state index in [1.54, 1.807) is 0 Å². The van der Waals surface area contributed by atoms with E-state index >= 15 is 0 Å². The molecule has 19 heavy (non-hydrogen) atoms. The van der Waals surface area contributed by atoms with Gasteiger partial charge in [-0.3, -0.25) is 4.79 Å². The van der Waals surface area contributed by atoms with E-state index in [-0.39, 0.29) is 5.56 Å². The molecule has 0 radical (unpaired) electrons. The number of amides is 1. The molecule has 3 N–H and O–H groups in total. The molecule has 0 spiro atoms. The maximum atomic E-state index is 12.3. The fourth-order valence-electron chi connectivity index (χ4n) is 1.29. The van der Waals surface area contributed by atoms with Gasteiger partial charge in [-0.25, -0.2) is 0 Å². The van der Waals surface area contributed by atoms with Gasteiger partial charge >= 0.3 is 6.18 Å². The average Bonchev–Trinajstić information content (AvgIpc) is 2.37. The van der Waals surface area contributed by atoms with Crippen LogP contribution >= 0.6 is 0 Å². The third-order valence-electron chi connectivity index (χ3n) is 2.59. The largest absolute Gasteiger partial charge is 0.416 e. The first-order valence-electron chi connectivity index (χ1n) is 5.43. The zero-order valence-corrected chi connectivity index (χ0v) is 10.2. The van der Waals surface area contributed by atoms with Crippen LogP contribution in [0.1, 0.15) is 22.8 Å². The maximum absolute atomic E-state index is 12.3. The molecule has 0 aromatic heterocycles. The summed E-state index contributed by atoms with van der Waals surface area (Å²) in [5.74, 6) is -0.667. The van der Waals surface area contributed by atoms with Crippen LogP contribution in [0.2, 0.25) is 0 Å². The van der Waals surface area contributed by atoms with Crippen LogP contribution < -0.4 is 5.32 Å². The van der Waals surface area contributed by atoms with Crippen LogP contribution in [0.5, 0.6) is 0 Å². The summed E-state index contributed by atoms with van der Waals surface area (Å²) in [5, 5.41) is 20.4. The van der Waals surface area contributed by atoms with Gasteiger partial charge in [-0.15, -0.1) is 0 Å². The van der Waals surface area contributed by atoms with Crippen LogP contribution in [-0.4, -0.2) is 34.9 Å². The van der Waals surface area contributed by atoms with Crippen molar-refractivity contribution < 1.29 is 28.2 Å². The van der Waals surface area contributed by atoms with Crippen molar-refractivity contribution in [3.63, 3.8) is 0 Å². The van der Waals surface area contributed by atoms with Crippen molar-refractivity contribution in [2.45, 2.75) is 18.6 Å². The minimum absolute atomic E-state index is 0.0149. The average molecular weight is 277 g/mol. The molecule has 4 nitrogen and oxygen atoms in total. The van der Waals surface area contributed by atoms with Crippen LogP contribution in [0, 0.1) is 0 Å². The van der Waals surface area contributed by atoms with Crippen molar-refractivity contribution in [3.05, 3.63) is 35.4 Å². The molecule has 0 atom stereocenters.